The van der Waals surface area contributed by atoms with E-state index in [1.807, 2.05) is 6.07 Å². The van der Waals surface area contributed by atoms with Gasteiger partial charge in [-0.05, 0) is 38.6 Å². The van der Waals surface area contributed by atoms with Crippen LogP contribution in [0.4, 0.5) is 5.69 Å². The van der Waals surface area contributed by atoms with E-state index in [-0.39, 0.29) is 11.2 Å². The normalized spacial score (nSPS) is 22.8. The number of likely N-dealkylation sites (tertiary alicyclic amines) is 1. The first-order valence-electron chi connectivity index (χ1n) is 4.87. The van der Waals surface area contributed by atoms with Gasteiger partial charge < -0.3 is 10.7 Å². The number of anilines is 1. The highest BCUT2D eigenvalue weighted by atomic mass is 16.1. The number of nitrogens with one attached hydrogen (secondary N) is 1. The zero-order valence-electron chi connectivity index (χ0n) is 8.29. The summed E-state index contributed by atoms with van der Waals surface area (Å²) >= 11 is 0. The predicted octanol–water partition coefficient (Wildman–Crippen LogP) is 0.724. The van der Waals surface area contributed by atoms with E-state index in [1.165, 1.54) is 6.42 Å². The molecule has 0 aromatic carbocycles. The fourth-order valence-corrected chi connectivity index (χ4v) is 2.00. The summed E-state index contributed by atoms with van der Waals surface area (Å²) in [5, 5.41) is 0. The van der Waals surface area contributed by atoms with Gasteiger partial charge in [0.05, 0.1) is 5.69 Å². The van der Waals surface area contributed by atoms with Crippen LogP contribution in [0.2, 0.25) is 0 Å². The first kappa shape index (κ1) is 9.27. The van der Waals surface area contributed by atoms with Gasteiger partial charge in [0.25, 0.3) is 5.56 Å². The van der Waals surface area contributed by atoms with E-state index >= 15 is 0 Å². The second-order valence-electron chi connectivity index (χ2n) is 3.84. The zero-order chi connectivity index (χ0) is 10.1. The summed E-state index contributed by atoms with van der Waals surface area (Å²) in [6.45, 7) is 1.09. The van der Waals surface area contributed by atoms with Crippen LogP contribution in [0.25, 0.3) is 0 Å². The molecule has 1 saturated heterocycles. The van der Waals surface area contributed by atoms with E-state index < -0.39 is 0 Å². The third kappa shape index (κ3) is 1.53. The smallest absolute Gasteiger partial charge is 0.271 e. The first-order chi connectivity index (χ1) is 6.68. The van der Waals surface area contributed by atoms with Gasteiger partial charge in [0.2, 0.25) is 0 Å². The Morgan fingerprint density at radius 3 is 2.93 bits per heavy atom. The summed E-state index contributed by atoms with van der Waals surface area (Å²) in [7, 11) is 2.08. The standard InChI is InChI=1S/C10H15N3O/c1-13-6-2-3-9(13)8-5-4-7(11)10(14)12-8/h4-5,9H,2-3,6,11H2,1H3,(H,12,14). The van der Waals surface area contributed by atoms with Crippen molar-refractivity contribution in [2.75, 3.05) is 19.3 Å². The molecule has 0 radical (unpaired) electrons. The van der Waals surface area contributed by atoms with Gasteiger partial charge in [-0.15, -0.1) is 0 Å². The number of rotatable bonds is 1. The molecule has 1 aliphatic rings. The van der Waals surface area contributed by atoms with Crippen LogP contribution in [0.5, 0.6) is 0 Å². The van der Waals surface area contributed by atoms with E-state index in [1.54, 1.807) is 6.07 Å². The molecule has 2 rings (SSSR count). The Balaban J connectivity index is 2.32. The van der Waals surface area contributed by atoms with E-state index in [9.17, 15) is 4.79 Å². The number of pyridine rings is 1. The van der Waals surface area contributed by atoms with E-state index in [0.717, 1.165) is 18.7 Å². The average molecular weight is 193 g/mol. The van der Waals surface area contributed by atoms with Crippen LogP contribution in [0, 0.1) is 0 Å². The van der Waals surface area contributed by atoms with Crippen molar-refractivity contribution in [3.8, 4) is 0 Å². The topological polar surface area (TPSA) is 62.1 Å². The molecule has 4 nitrogen and oxygen atoms in total. The molecule has 0 bridgehead atoms. The molecule has 0 spiro atoms. The average Bonchev–Trinajstić information content (AvgIpc) is 2.57. The molecule has 0 aliphatic carbocycles. The fourth-order valence-electron chi connectivity index (χ4n) is 2.00. The van der Waals surface area contributed by atoms with Gasteiger partial charge in [0, 0.05) is 11.7 Å². The van der Waals surface area contributed by atoms with Gasteiger partial charge in [-0.3, -0.25) is 9.69 Å². The van der Waals surface area contributed by atoms with Gasteiger partial charge in [0.1, 0.15) is 0 Å². The van der Waals surface area contributed by atoms with E-state index in [0.29, 0.717) is 6.04 Å². The van der Waals surface area contributed by atoms with Crippen molar-refractivity contribution < 1.29 is 0 Å². The lowest BCUT2D eigenvalue weighted by atomic mass is 10.1. The predicted molar refractivity (Wildman–Crippen MR) is 56.1 cm³/mol. The van der Waals surface area contributed by atoms with Crippen LogP contribution < -0.4 is 11.3 Å². The summed E-state index contributed by atoms with van der Waals surface area (Å²) in [6.07, 6.45) is 2.30. The maximum absolute atomic E-state index is 11.3. The fraction of sp³-hybridized carbons (Fsp3) is 0.500. The van der Waals surface area contributed by atoms with Crippen molar-refractivity contribution >= 4 is 5.69 Å². The highest BCUT2D eigenvalue weighted by Crippen LogP contribution is 2.28. The van der Waals surface area contributed by atoms with Crippen molar-refractivity contribution in [1.82, 2.24) is 9.88 Å². The largest absolute Gasteiger partial charge is 0.394 e. The Bertz CT molecular complexity index is 385. The number of H-pyrrole nitrogens is 1. The minimum absolute atomic E-state index is 0.178. The molecule has 2 heterocycles. The Kier molecular flexibility index (Phi) is 2.29. The third-order valence-corrected chi connectivity index (χ3v) is 2.84. The number of nitrogens with zero attached hydrogens (tertiary/aromatic N) is 1. The molecular formula is C10H15N3O. The minimum atomic E-state index is -0.178. The molecule has 14 heavy (non-hydrogen) atoms. The molecule has 3 N–H and O–H groups in total. The maximum Gasteiger partial charge on any atom is 0.271 e. The number of aromatic amines is 1. The van der Waals surface area contributed by atoms with Gasteiger partial charge in [-0.1, -0.05) is 0 Å². The van der Waals surface area contributed by atoms with Crippen molar-refractivity contribution in [3.63, 3.8) is 0 Å². The first-order valence-corrected chi connectivity index (χ1v) is 4.87. The molecule has 0 saturated carbocycles. The van der Waals surface area contributed by atoms with Crippen LogP contribution >= 0.6 is 0 Å². The lowest BCUT2D eigenvalue weighted by Crippen LogP contribution is -2.22. The van der Waals surface area contributed by atoms with Gasteiger partial charge >= 0.3 is 0 Å². The summed E-state index contributed by atoms with van der Waals surface area (Å²) in [5.41, 5.74) is 6.55. The molecule has 0 amide bonds. The van der Waals surface area contributed by atoms with Crippen LogP contribution in [0.15, 0.2) is 16.9 Å². The van der Waals surface area contributed by atoms with Crippen molar-refractivity contribution in [2.24, 2.45) is 0 Å². The zero-order valence-corrected chi connectivity index (χ0v) is 8.29. The van der Waals surface area contributed by atoms with Crippen LogP contribution in [-0.4, -0.2) is 23.5 Å². The van der Waals surface area contributed by atoms with Crippen LogP contribution in [0.1, 0.15) is 24.6 Å². The van der Waals surface area contributed by atoms with Gasteiger partial charge in [0.15, 0.2) is 0 Å². The Labute approximate surface area is 82.7 Å². The maximum atomic E-state index is 11.3. The number of nitrogen functional groups attached to an aromatic ring is 1. The number of nitrogens with two attached hydrogens (primary N) is 1. The second-order valence-corrected chi connectivity index (χ2v) is 3.84. The molecule has 4 heteroatoms. The quantitative estimate of drug-likeness (QED) is 0.691. The van der Waals surface area contributed by atoms with Crippen molar-refractivity contribution in [2.45, 2.75) is 18.9 Å². The second kappa shape index (κ2) is 3.46. The molecule has 76 valence electrons. The van der Waals surface area contributed by atoms with E-state index in [4.69, 9.17) is 5.73 Å². The Morgan fingerprint density at radius 2 is 2.36 bits per heavy atom. The van der Waals surface area contributed by atoms with E-state index in [2.05, 4.69) is 16.9 Å². The number of hydrogen-bond donors (Lipinski definition) is 2. The molecule has 1 unspecified atom stereocenters. The van der Waals surface area contributed by atoms with Gasteiger partial charge in [-0.25, -0.2) is 0 Å². The van der Waals surface area contributed by atoms with Crippen molar-refractivity contribution in [3.05, 3.63) is 28.2 Å². The highest BCUT2D eigenvalue weighted by Gasteiger charge is 2.23. The van der Waals surface area contributed by atoms with Crippen LogP contribution in [0.3, 0.4) is 0 Å². The lowest BCUT2D eigenvalue weighted by molar-refractivity contribution is 0.311. The highest BCUT2D eigenvalue weighted by molar-refractivity contribution is 5.35. The Hall–Kier alpha value is -1.29. The molecular weight excluding hydrogens is 178 g/mol. The SMILES string of the molecule is CN1CCCC1c1ccc(N)c(=O)[nH]1. The number of hydrogen-bond acceptors (Lipinski definition) is 3. The monoisotopic (exact) mass is 193 g/mol. The third-order valence-electron chi connectivity index (χ3n) is 2.84. The molecule has 1 aromatic rings. The van der Waals surface area contributed by atoms with Crippen molar-refractivity contribution in [1.29, 1.82) is 0 Å². The van der Waals surface area contributed by atoms with Crippen LogP contribution in [-0.2, 0) is 0 Å². The lowest BCUT2D eigenvalue weighted by Gasteiger charge is -2.19. The summed E-state index contributed by atoms with van der Waals surface area (Å²) in [6, 6.07) is 3.94. The molecule has 1 atom stereocenters. The molecule has 1 aliphatic heterocycles. The number of aromatic nitrogens is 1. The molecule has 1 aromatic heterocycles. The summed E-state index contributed by atoms with van der Waals surface area (Å²) in [5.74, 6) is 0. The molecule has 1 fully saturated rings. The minimum Gasteiger partial charge on any atom is -0.394 e. The Morgan fingerprint density at radius 1 is 1.57 bits per heavy atom. The summed E-state index contributed by atoms with van der Waals surface area (Å²) in [4.78, 5) is 16.4. The van der Waals surface area contributed by atoms with Gasteiger partial charge in [-0.2, -0.15) is 0 Å². The summed E-state index contributed by atoms with van der Waals surface area (Å²) < 4.78 is 0.